The zero-order valence-corrected chi connectivity index (χ0v) is 15.8. The minimum absolute atomic E-state index is 0.0997. The van der Waals surface area contributed by atoms with E-state index in [2.05, 4.69) is 16.7 Å². The molecule has 2 amide bonds. The highest BCUT2D eigenvalue weighted by Gasteiger charge is 2.10. The van der Waals surface area contributed by atoms with Crippen LogP contribution in [0.2, 0.25) is 0 Å². The SMILES string of the molecule is Cc1ccccc1NC(=O)c1ccc(C(=O)NCCC2=CCCCC2)cc1. The van der Waals surface area contributed by atoms with Gasteiger partial charge >= 0.3 is 0 Å². The summed E-state index contributed by atoms with van der Waals surface area (Å²) in [6, 6.07) is 14.4. The van der Waals surface area contributed by atoms with E-state index in [1.807, 2.05) is 31.2 Å². The maximum atomic E-state index is 12.4. The summed E-state index contributed by atoms with van der Waals surface area (Å²) >= 11 is 0. The molecule has 0 aliphatic heterocycles. The monoisotopic (exact) mass is 362 g/mol. The Hall–Kier alpha value is -2.88. The van der Waals surface area contributed by atoms with Crippen LogP contribution in [0.3, 0.4) is 0 Å². The van der Waals surface area contributed by atoms with E-state index >= 15 is 0 Å². The minimum atomic E-state index is -0.180. The number of nitrogens with one attached hydrogen (secondary N) is 2. The van der Waals surface area contributed by atoms with Gasteiger partial charge in [0.05, 0.1) is 0 Å². The number of hydrogen-bond acceptors (Lipinski definition) is 2. The average Bonchev–Trinajstić information content (AvgIpc) is 2.70. The molecule has 0 aromatic heterocycles. The van der Waals surface area contributed by atoms with Gasteiger partial charge in [0.25, 0.3) is 11.8 Å². The van der Waals surface area contributed by atoms with E-state index in [4.69, 9.17) is 0 Å². The second kappa shape index (κ2) is 9.17. The molecule has 140 valence electrons. The standard InChI is InChI=1S/C23H26N2O2/c1-17-7-5-6-10-21(17)25-23(27)20-13-11-19(12-14-20)22(26)24-16-15-18-8-3-2-4-9-18/h5-8,10-14H,2-4,9,15-16H2,1H3,(H,24,26)(H,25,27). The Morgan fingerprint density at radius 1 is 0.926 bits per heavy atom. The van der Waals surface area contributed by atoms with Crippen LogP contribution < -0.4 is 10.6 Å². The van der Waals surface area contributed by atoms with E-state index in [-0.39, 0.29) is 11.8 Å². The zero-order valence-electron chi connectivity index (χ0n) is 15.8. The summed E-state index contributed by atoms with van der Waals surface area (Å²) in [5.41, 5.74) is 4.35. The molecular formula is C23H26N2O2. The van der Waals surface area contributed by atoms with Crippen LogP contribution in [0.25, 0.3) is 0 Å². The second-order valence-corrected chi connectivity index (χ2v) is 6.96. The summed E-state index contributed by atoms with van der Waals surface area (Å²) in [4.78, 5) is 24.6. The van der Waals surface area contributed by atoms with Crippen LogP contribution in [0.15, 0.2) is 60.2 Å². The molecule has 0 bridgehead atoms. The van der Waals surface area contributed by atoms with Gasteiger partial charge < -0.3 is 10.6 Å². The van der Waals surface area contributed by atoms with Crippen LogP contribution in [0, 0.1) is 6.92 Å². The number of hydrogen-bond donors (Lipinski definition) is 2. The van der Waals surface area contributed by atoms with Gasteiger partial charge in [-0.25, -0.2) is 0 Å². The van der Waals surface area contributed by atoms with Crippen LogP contribution in [0.5, 0.6) is 0 Å². The fourth-order valence-corrected chi connectivity index (χ4v) is 3.25. The number of para-hydroxylation sites is 1. The first-order chi connectivity index (χ1) is 13.1. The van der Waals surface area contributed by atoms with Crippen molar-refractivity contribution in [1.29, 1.82) is 0 Å². The number of aryl methyl sites for hydroxylation is 1. The Labute approximate surface area is 160 Å². The molecule has 0 unspecified atom stereocenters. The summed E-state index contributed by atoms with van der Waals surface area (Å²) < 4.78 is 0. The molecule has 1 aliphatic carbocycles. The molecule has 1 aliphatic rings. The lowest BCUT2D eigenvalue weighted by Gasteiger charge is -2.13. The largest absolute Gasteiger partial charge is 0.352 e. The maximum Gasteiger partial charge on any atom is 0.255 e. The summed E-state index contributed by atoms with van der Waals surface area (Å²) in [7, 11) is 0. The number of carbonyl (C=O) groups is 2. The highest BCUT2D eigenvalue weighted by molar-refractivity contribution is 6.05. The van der Waals surface area contributed by atoms with Gasteiger partial charge in [0.2, 0.25) is 0 Å². The van der Waals surface area contributed by atoms with Gasteiger partial charge in [0, 0.05) is 23.4 Å². The lowest BCUT2D eigenvalue weighted by Crippen LogP contribution is -2.25. The van der Waals surface area contributed by atoms with Crippen LogP contribution in [-0.4, -0.2) is 18.4 Å². The molecule has 3 rings (SSSR count). The zero-order chi connectivity index (χ0) is 19.1. The third-order valence-electron chi connectivity index (χ3n) is 4.92. The number of benzene rings is 2. The van der Waals surface area contributed by atoms with Gasteiger partial charge in [0.15, 0.2) is 0 Å². The van der Waals surface area contributed by atoms with E-state index < -0.39 is 0 Å². The van der Waals surface area contributed by atoms with Crippen molar-refractivity contribution in [2.75, 3.05) is 11.9 Å². The molecule has 0 saturated heterocycles. The van der Waals surface area contributed by atoms with Gasteiger partial charge in [-0.1, -0.05) is 29.8 Å². The first-order valence-electron chi connectivity index (χ1n) is 9.56. The predicted octanol–water partition coefficient (Wildman–Crippen LogP) is 4.87. The third-order valence-corrected chi connectivity index (χ3v) is 4.92. The molecule has 0 spiro atoms. The molecule has 0 atom stereocenters. The lowest BCUT2D eigenvalue weighted by atomic mass is 9.97. The average molecular weight is 362 g/mol. The maximum absolute atomic E-state index is 12.4. The van der Waals surface area contributed by atoms with Crippen molar-refractivity contribution >= 4 is 17.5 Å². The Kier molecular flexibility index (Phi) is 6.42. The van der Waals surface area contributed by atoms with E-state index in [0.29, 0.717) is 17.7 Å². The minimum Gasteiger partial charge on any atom is -0.352 e. The van der Waals surface area contributed by atoms with Crippen molar-refractivity contribution in [3.63, 3.8) is 0 Å². The smallest absolute Gasteiger partial charge is 0.255 e. The number of amides is 2. The topological polar surface area (TPSA) is 58.2 Å². The highest BCUT2D eigenvalue weighted by atomic mass is 16.2. The lowest BCUT2D eigenvalue weighted by molar-refractivity contribution is 0.0952. The van der Waals surface area contributed by atoms with E-state index in [9.17, 15) is 9.59 Å². The quantitative estimate of drug-likeness (QED) is 0.721. The van der Waals surface area contributed by atoms with E-state index in [1.54, 1.807) is 24.3 Å². The van der Waals surface area contributed by atoms with Crippen molar-refractivity contribution in [2.45, 2.75) is 39.0 Å². The Balaban J connectivity index is 1.53. The summed E-state index contributed by atoms with van der Waals surface area (Å²) in [5, 5.41) is 5.86. The highest BCUT2D eigenvalue weighted by Crippen LogP contribution is 2.19. The first kappa shape index (κ1) is 18.9. The molecule has 0 heterocycles. The van der Waals surface area contributed by atoms with Crippen molar-refractivity contribution in [1.82, 2.24) is 5.32 Å². The predicted molar refractivity (Wildman–Crippen MR) is 109 cm³/mol. The number of rotatable bonds is 6. The number of anilines is 1. The first-order valence-corrected chi connectivity index (χ1v) is 9.56. The van der Waals surface area contributed by atoms with Crippen molar-refractivity contribution in [3.8, 4) is 0 Å². The molecule has 4 nitrogen and oxygen atoms in total. The van der Waals surface area contributed by atoms with Crippen LogP contribution in [0.4, 0.5) is 5.69 Å². The number of carbonyl (C=O) groups excluding carboxylic acids is 2. The third kappa shape index (κ3) is 5.30. The van der Waals surface area contributed by atoms with Gasteiger partial charge in [-0.3, -0.25) is 9.59 Å². The van der Waals surface area contributed by atoms with Crippen molar-refractivity contribution in [3.05, 3.63) is 76.9 Å². The van der Waals surface area contributed by atoms with Gasteiger partial charge in [-0.15, -0.1) is 0 Å². The van der Waals surface area contributed by atoms with Crippen molar-refractivity contribution < 1.29 is 9.59 Å². The molecule has 0 saturated carbocycles. The Morgan fingerprint density at radius 2 is 1.63 bits per heavy atom. The van der Waals surface area contributed by atoms with Gasteiger partial charge in [-0.2, -0.15) is 0 Å². The van der Waals surface area contributed by atoms with Crippen LogP contribution in [0.1, 0.15) is 58.4 Å². The normalized spacial score (nSPS) is 13.6. The molecule has 2 N–H and O–H groups in total. The summed E-state index contributed by atoms with van der Waals surface area (Å²) in [6.07, 6.45) is 8.07. The fourth-order valence-electron chi connectivity index (χ4n) is 3.25. The molecule has 2 aromatic carbocycles. The summed E-state index contributed by atoms with van der Waals surface area (Å²) in [5.74, 6) is -0.280. The van der Waals surface area contributed by atoms with Gasteiger partial charge in [0.1, 0.15) is 0 Å². The molecule has 0 radical (unpaired) electrons. The van der Waals surface area contributed by atoms with E-state index in [0.717, 1.165) is 30.5 Å². The molecule has 27 heavy (non-hydrogen) atoms. The van der Waals surface area contributed by atoms with Crippen molar-refractivity contribution in [2.24, 2.45) is 0 Å². The van der Waals surface area contributed by atoms with Gasteiger partial charge in [-0.05, 0) is 74.9 Å². The molecule has 0 fully saturated rings. The fraction of sp³-hybridized carbons (Fsp3) is 0.304. The Bertz CT molecular complexity index is 838. The van der Waals surface area contributed by atoms with Crippen LogP contribution >= 0.6 is 0 Å². The second-order valence-electron chi connectivity index (χ2n) is 6.96. The molecular weight excluding hydrogens is 336 g/mol. The van der Waals surface area contributed by atoms with Crippen LogP contribution in [-0.2, 0) is 0 Å². The number of allylic oxidation sites excluding steroid dienone is 1. The van der Waals surface area contributed by atoms with E-state index in [1.165, 1.54) is 18.4 Å². The molecule has 4 heteroatoms. The Morgan fingerprint density at radius 3 is 2.30 bits per heavy atom. The summed E-state index contributed by atoms with van der Waals surface area (Å²) in [6.45, 7) is 2.60. The molecule has 2 aromatic rings.